The van der Waals surface area contributed by atoms with Gasteiger partial charge in [0.2, 0.25) is 5.79 Å². The van der Waals surface area contributed by atoms with Gasteiger partial charge in [0, 0.05) is 0 Å². The van der Waals surface area contributed by atoms with E-state index in [1.807, 2.05) is 0 Å². The molecule has 20 heavy (non-hydrogen) atoms. The summed E-state index contributed by atoms with van der Waals surface area (Å²) in [5.41, 5.74) is 0. The quantitative estimate of drug-likeness (QED) is 0.326. The molecule has 0 aliphatic carbocycles. The van der Waals surface area contributed by atoms with Crippen molar-refractivity contribution in [1.29, 1.82) is 0 Å². The summed E-state index contributed by atoms with van der Waals surface area (Å²) >= 11 is 0. The van der Waals surface area contributed by atoms with Gasteiger partial charge in [-0.05, 0) is 12.1 Å². The maximum Gasteiger partial charge on any atom is 0.221 e. The highest BCUT2D eigenvalue weighted by atomic mass is 16.7. The zero-order chi connectivity index (χ0) is 15.3. The summed E-state index contributed by atoms with van der Waals surface area (Å²) in [7, 11) is 0. The standard InChI is InChI=1S/C6H6O3.C5H10O6/c7-3-5-1-2-6(4-8)9-5;6-1-5(10)3(8)2(7)4(9)11-5/h1-3,8H,4H2;2-4,6-10H,1H2. The zero-order valence-electron chi connectivity index (χ0n) is 10.3. The van der Waals surface area contributed by atoms with Crippen LogP contribution in [0.1, 0.15) is 16.3 Å². The van der Waals surface area contributed by atoms with Crippen LogP contribution in [0.2, 0.25) is 0 Å². The van der Waals surface area contributed by atoms with Crippen LogP contribution in [0.15, 0.2) is 16.5 Å². The molecule has 1 aromatic heterocycles. The molecule has 1 aromatic rings. The van der Waals surface area contributed by atoms with E-state index in [1.54, 1.807) is 6.07 Å². The summed E-state index contributed by atoms with van der Waals surface area (Å²) in [6, 6.07) is 3.07. The fourth-order valence-electron chi connectivity index (χ4n) is 1.44. The minimum absolute atomic E-state index is 0.159. The maximum absolute atomic E-state index is 9.96. The SMILES string of the molecule is O=Cc1ccc(CO)o1.OCC1(O)OC(O)C(O)C1O. The minimum atomic E-state index is -2.25. The Balaban J connectivity index is 0.000000204. The number of rotatable bonds is 3. The predicted octanol–water partition coefficient (Wildman–Crippen LogP) is -2.68. The maximum atomic E-state index is 9.96. The Bertz CT molecular complexity index is 431. The van der Waals surface area contributed by atoms with E-state index in [1.165, 1.54) is 6.07 Å². The number of hydrogen-bond acceptors (Lipinski definition) is 9. The van der Waals surface area contributed by atoms with E-state index in [4.69, 9.17) is 35.1 Å². The lowest BCUT2D eigenvalue weighted by molar-refractivity contribution is -0.272. The molecule has 4 atom stereocenters. The number of aldehydes is 1. The van der Waals surface area contributed by atoms with Crippen molar-refractivity contribution in [3.05, 3.63) is 23.7 Å². The molecule has 1 fully saturated rings. The number of carbonyl (C=O) groups excluding carboxylic acids is 1. The summed E-state index contributed by atoms with van der Waals surface area (Å²) in [5, 5.41) is 52.5. The highest BCUT2D eigenvalue weighted by molar-refractivity contribution is 5.70. The van der Waals surface area contributed by atoms with E-state index in [0.717, 1.165) is 0 Å². The topological polar surface area (TPSA) is 161 Å². The number of hydrogen-bond donors (Lipinski definition) is 6. The zero-order valence-corrected chi connectivity index (χ0v) is 10.3. The van der Waals surface area contributed by atoms with Crippen LogP contribution >= 0.6 is 0 Å². The molecule has 0 spiro atoms. The Hall–Kier alpha value is -1.33. The molecule has 2 heterocycles. The molecule has 114 valence electrons. The van der Waals surface area contributed by atoms with Crippen molar-refractivity contribution in [3.8, 4) is 0 Å². The first-order valence-corrected chi connectivity index (χ1v) is 5.58. The molecule has 4 unspecified atom stereocenters. The Labute approximate surface area is 113 Å². The second kappa shape index (κ2) is 6.90. The van der Waals surface area contributed by atoms with Crippen LogP contribution in [0.25, 0.3) is 0 Å². The summed E-state index contributed by atoms with van der Waals surface area (Å²) < 4.78 is 9.05. The molecule has 0 amide bonds. The first kappa shape index (κ1) is 16.7. The van der Waals surface area contributed by atoms with E-state index in [9.17, 15) is 4.79 Å². The molecule has 6 N–H and O–H groups in total. The summed E-state index contributed by atoms with van der Waals surface area (Å²) in [4.78, 5) is 9.96. The van der Waals surface area contributed by atoms with Gasteiger partial charge >= 0.3 is 0 Å². The fourth-order valence-corrected chi connectivity index (χ4v) is 1.44. The molecule has 0 bridgehead atoms. The van der Waals surface area contributed by atoms with Crippen molar-refractivity contribution in [3.63, 3.8) is 0 Å². The summed E-state index contributed by atoms with van der Waals surface area (Å²) in [6.07, 6.45) is -4.35. The van der Waals surface area contributed by atoms with E-state index in [2.05, 4.69) is 4.74 Å². The van der Waals surface area contributed by atoms with E-state index < -0.39 is 30.9 Å². The van der Waals surface area contributed by atoms with Crippen molar-refractivity contribution in [1.82, 2.24) is 0 Å². The first-order valence-electron chi connectivity index (χ1n) is 5.58. The molecule has 1 aliphatic rings. The third-order valence-corrected chi connectivity index (χ3v) is 2.58. The van der Waals surface area contributed by atoms with Crippen LogP contribution < -0.4 is 0 Å². The van der Waals surface area contributed by atoms with Gasteiger partial charge in [0.15, 0.2) is 18.3 Å². The fraction of sp³-hybridized carbons (Fsp3) is 0.545. The third-order valence-electron chi connectivity index (χ3n) is 2.58. The van der Waals surface area contributed by atoms with Gasteiger partial charge < -0.3 is 39.8 Å². The molecule has 0 aromatic carbocycles. The van der Waals surface area contributed by atoms with Gasteiger partial charge in [-0.2, -0.15) is 0 Å². The monoisotopic (exact) mass is 292 g/mol. The third kappa shape index (κ3) is 3.61. The Morgan fingerprint density at radius 3 is 2.15 bits per heavy atom. The van der Waals surface area contributed by atoms with Crippen LogP contribution in [0.5, 0.6) is 0 Å². The van der Waals surface area contributed by atoms with Gasteiger partial charge in [0.1, 0.15) is 24.6 Å². The van der Waals surface area contributed by atoms with Gasteiger partial charge in [0.05, 0.1) is 6.61 Å². The van der Waals surface area contributed by atoms with Crippen LogP contribution in [0, 0.1) is 0 Å². The van der Waals surface area contributed by atoms with Gasteiger partial charge in [-0.15, -0.1) is 0 Å². The minimum Gasteiger partial charge on any atom is -0.456 e. The molecular formula is C11H16O9. The van der Waals surface area contributed by atoms with Crippen molar-refractivity contribution < 1.29 is 44.6 Å². The highest BCUT2D eigenvalue weighted by Gasteiger charge is 2.52. The normalized spacial score (nSPS) is 32.6. The van der Waals surface area contributed by atoms with Crippen molar-refractivity contribution >= 4 is 6.29 Å². The van der Waals surface area contributed by atoms with Gasteiger partial charge in [-0.3, -0.25) is 4.79 Å². The number of ether oxygens (including phenoxy) is 1. The summed E-state index contributed by atoms with van der Waals surface area (Å²) in [5.74, 6) is -1.59. The lowest BCUT2D eigenvalue weighted by Crippen LogP contribution is -2.46. The lowest BCUT2D eigenvalue weighted by atomic mass is 10.1. The molecule has 9 nitrogen and oxygen atoms in total. The Kier molecular flexibility index (Phi) is 5.77. The second-order valence-electron chi connectivity index (χ2n) is 4.03. The van der Waals surface area contributed by atoms with E-state index in [-0.39, 0.29) is 12.4 Å². The van der Waals surface area contributed by atoms with Crippen LogP contribution in [-0.4, -0.2) is 67.8 Å². The Morgan fingerprint density at radius 2 is 1.90 bits per heavy atom. The van der Waals surface area contributed by atoms with E-state index in [0.29, 0.717) is 12.0 Å². The van der Waals surface area contributed by atoms with Gasteiger partial charge in [0.25, 0.3) is 0 Å². The second-order valence-corrected chi connectivity index (χ2v) is 4.03. The van der Waals surface area contributed by atoms with Crippen LogP contribution in [0.3, 0.4) is 0 Å². The van der Waals surface area contributed by atoms with Crippen molar-refractivity contribution in [2.24, 2.45) is 0 Å². The average molecular weight is 292 g/mol. The lowest BCUT2D eigenvalue weighted by Gasteiger charge is -2.22. The Morgan fingerprint density at radius 1 is 1.25 bits per heavy atom. The molecule has 0 radical (unpaired) electrons. The van der Waals surface area contributed by atoms with Gasteiger partial charge in [-0.1, -0.05) is 0 Å². The largest absolute Gasteiger partial charge is 0.456 e. The number of furan rings is 1. The highest BCUT2D eigenvalue weighted by Crippen LogP contribution is 2.27. The molecule has 1 aliphatic heterocycles. The van der Waals surface area contributed by atoms with Crippen molar-refractivity contribution in [2.75, 3.05) is 6.61 Å². The van der Waals surface area contributed by atoms with Crippen molar-refractivity contribution in [2.45, 2.75) is 30.9 Å². The number of aliphatic hydroxyl groups is 6. The molecule has 9 heteroatoms. The number of aliphatic hydroxyl groups excluding tert-OH is 5. The first-order chi connectivity index (χ1) is 9.37. The van der Waals surface area contributed by atoms with E-state index >= 15 is 0 Å². The predicted molar refractivity (Wildman–Crippen MR) is 61.2 cm³/mol. The molecular weight excluding hydrogens is 276 g/mol. The van der Waals surface area contributed by atoms with Crippen LogP contribution in [0.4, 0.5) is 0 Å². The molecule has 2 rings (SSSR count). The smallest absolute Gasteiger partial charge is 0.221 e. The average Bonchev–Trinajstić information content (AvgIpc) is 3.00. The van der Waals surface area contributed by atoms with Crippen LogP contribution in [-0.2, 0) is 11.3 Å². The number of carbonyl (C=O) groups is 1. The molecule has 1 saturated heterocycles. The molecule has 0 saturated carbocycles. The van der Waals surface area contributed by atoms with Gasteiger partial charge in [-0.25, -0.2) is 0 Å². The summed E-state index contributed by atoms with van der Waals surface area (Å²) in [6.45, 7) is -1.05.